The minimum Gasteiger partial charge on any atom is -0.480 e. The second-order valence-electron chi connectivity index (χ2n) is 2.49. The Bertz CT molecular complexity index is 343. The van der Waals surface area contributed by atoms with E-state index in [9.17, 15) is 4.79 Å². The molecule has 1 aromatic carbocycles. The van der Waals surface area contributed by atoms with Crippen molar-refractivity contribution in [1.29, 1.82) is 0 Å². The van der Waals surface area contributed by atoms with Crippen molar-refractivity contribution in [2.45, 2.75) is 6.04 Å². The molecule has 0 radical (unpaired) electrons. The van der Waals surface area contributed by atoms with Crippen molar-refractivity contribution in [3.05, 3.63) is 33.3 Å². The minimum absolute atomic E-state index is 0.453. The number of benzene rings is 1. The van der Waals surface area contributed by atoms with Crippen LogP contribution in [-0.2, 0) is 4.79 Å². The van der Waals surface area contributed by atoms with Crippen LogP contribution in [0.15, 0.2) is 22.7 Å². The summed E-state index contributed by atoms with van der Waals surface area (Å²) in [6, 6.07) is 3.80. The van der Waals surface area contributed by atoms with E-state index < -0.39 is 12.0 Å². The topological polar surface area (TPSA) is 63.3 Å². The lowest BCUT2D eigenvalue weighted by molar-refractivity contribution is -0.138. The average Bonchev–Trinajstić information content (AvgIpc) is 2.08. The van der Waals surface area contributed by atoms with E-state index in [-0.39, 0.29) is 0 Å². The third-order valence-electron chi connectivity index (χ3n) is 1.57. The van der Waals surface area contributed by atoms with Gasteiger partial charge in [0.25, 0.3) is 0 Å². The predicted octanol–water partition coefficient (Wildman–Crippen LogP) is 2.19. The molecule has 1 aromatic rings. The Hall–Kier alpha value is -0.580. The number of aliphatic carboxylic acids is 1. The molecular weight excluding hydrogens is 257 g/mol. The van der Waals surface area contributed by atoms with E-state index >= 15 is 0 Å². The highest BCUT2D eigenvalue weighted by Crippen LogP contribution is 2.25. The molecule has 3 N–H and O–H groups in total. The summed E-state index contributed by atoms with van der Waals surface area (Å²) in [5.41, 5.74) is 5.87. The number of carboxylic acids is 1. The van der Waals surface area contributed by atoms with Gasteiger partial charge in [-0.3, -0.25) is 4.79 Å². The molecule has 3 nitrogen and oxygen atoms in total. The highest BCUT2D eigenvalue weighted by atomic mass is 79.9. The van der Waals surface area contributed by atoms with Crippen LogP contribution in [-0.4, -0.2) is 11.1 Å². The van der Waals surface area contributed by atoms with Crippen LogP contribution in [0.25, 0.3) is 0 Å². The molecule has 0 aromatic heterocycles. The molecule has 0 unspecified atom stereocenters. The zero-order valence-corrected chi connectivity index (χ0v) is 8.84. The number of carbonyl (C=O) groups is 1. The molecule has 1 rings (SSSR count). The molecule has 0 spiro atoms. The van der Waals surface area contributed by atoms with Crippen molar-refractivity contribution in [2.75, 3.05) is 0 Å². The van der Waals surface area contributed by atoms with Gasteiger partial charge >= 0.3 is 5.97 Å². The second-order valence-corrected chi connectivity index (χ2v) is 3.75. The van der Waals surface area contributed by atoms with Crippen molar-refractivity contribution >= 4 is 33.5 Å². The first kappa shape index (κ1) is 10.5. The quantitative estimate of drug-likeness (QED) is 0.860. The summed E-state index contributed by atoms with van der Waals surface area (Å²) in [7, 11) is 0. The van der Waals surface area contributed by atoms with Gasteiger partial charge in [0, 0.05) is 4.47 Å². The van der Waals surface area contributed by atoms with Crippen LogP contribution in [0.4, 0.5) is 0 Å². The van der Waals surface area contributed by atoms with E-state index in [1.807, 2.05) is 0 Å². The van der Waals surface area contributed by atoms with E-state index in [1.54, 1.807) is 12.1 Å². The molecule has 70 valence electrons. The summed E-state index contributed by atoms with van der Waals surface area (Å²) in [5, 5.41) is 9.07. The molecule has 5 heteroatoms. The summed E-state index contributed by atoms with van der Waals surface area (Å²) in [4.78, 5) is 10.5. The molecule has 1 atom stereocenters. The Morgan fingerprint density at radius 1 is 1.62 bits per heavy atom. The first-order chi connectivity index (χ1) is 6.02. The lowest BCUT2D eigenvalue weighted by Gasteiger charge is -2.07. The Morgan fingerprint density at radius 2 is 2.23 bits per heavy atom. The highest BCUT2D eigenvalue weighted by molar-refractivity contribution is 9.10. The lowest BCUT2D eigenvalue weighted by Crippen LogP contribution is -2.20. The molecule has 0 aliphatic carbocycles. The lowest BCUT2D eigenvalue weighted by atomic mass is 10.1. The van der Waals surface area contributed by atoms with Gasteiger partial charge in [0.1, 0.15) is 6.04 Å². The van der Waals surface area contributed by atoms with Crippen molar-refractivity contribution in [1.82, 2.24) is 0 Å². The SMILES string of the molecule is N[C@H](C(=O)O)c1ccc(Br)c(Cl)c1. The van der Waals surface area contributed by atoms with Crippen LogP contribution in [0.3, 0.4) is 0 Å². The van der Waals surface area contributed by atoms with Crippen molar-refractivity contribution in [3.8, 4) is 0 Å². The zero-order chi connectivity index (χ0) is 10.0. The van der Waals surface area contributed by atoms with Crippen LogP contribution in [0.5, 0.6) is 0 Å². The molecule has 0 saturated carbocycles. The third-order valence-corrected chi connectivity index (χ3v) is 2.80. The third kappa shape index (κ3) is 2.43. The van der Waals surface area contributed by atoms with Gasteiger partial charge in [0.15, 0.2) is 0 Å². The van der Waals surface area contributed by atoms with Gasteiger partial charge < -0.3 is 10.8 Å². The molecular formula is C8H7BrClNO2. The van der Waals surface area contributed by atoms with Gasteiger partial charge in [-0.1, -0.05) is 17.7 Å². The number of hydrogen-bond donors (Lipinski definition) is 2. The molecule has 0 aliphatic heterocycles. The summed E-state index contributed by atoms with van der Waals surface area (Å²) >= 11 is 8.96. The normalized spacial score (nSPS) is 12.5. The van der Waals surface area contributed by atoms with Crippen LogP contribution >= 0.6 is 27.5 Å². The smallest absolute Gasteiger partial charge is 0.325 e. The van der Waals surface area contributed by atoms with Crippen LogP contribution < -0.4 is 5.73 Å². The highest BCUT2D eigenvalue weighted by Gasteiger charge is 2.14. The Balaban J connectivity index is 3.03. The predicted molar refractivity (Wildman–Crippen MR) is 53.7 cm³/mol. The van der Waals surface area contributed by atoms with Gasteiger partial charge in [-0.25, -0.2) is 0 Å². The van der Waals surface area contributed by atoms with Crippen LogP contribution in [0.2, 0.25) is 5.02 Å². The van der Waals surface area contributed by atoms with Crippen LogP contribution in [0, 0.1) is 0 Å². The minimum atomic E-state index is -1.07. The second kappa shape index (κ2) is 4.09. The van der Waals surface area contributed by atoms with Gasteiger partial charge in [0.2, 0.25) is 0 Å². The van der Waals surface area contributed by atoms with Gasteiger partial charge in [-0.05, 0) is 33.6 Å². The molecule has 0 saturated heterocycles. The van der Waals surface area contributed by atoms with Gasteiger partial charge in [-0.15, -0.1) is 0 Å². The summed E-state index contributed by atoms with van der Waals surface area (Å²) in [6.07, 6.45) is 0. The fraction of sp³-hybridized carbons (Fsp3) is 0.125. The van der Waals surface area contributed by atoms with E-state index in [4.69, 9.17) is 22.4 Å². The first-order valence-electron chi connectivity index (χ1n) is 3.45. The molecule has 0 aliphatic rings. The number of halogens is 2. The Kier molecular flexibility index (Phi) is 3.30. The maximum Gasteiger partial charge on any atom is 0.325 e. The summed E-state index contributed by atoms with van der Waals surface area (Å²) in [5.74, 6) is -1.07. The fourth-order valence-electron chi connectivity index (χ4n) is 0.848. The van der Waals surface area contributed by atoms with E-state index in [0.717, 1.165) is 4.47 Å². The van der Waals surface area contributed by atoms with Crippen molar-refractivity contribution in [2.24, 2.45) is 5.73 Å². The van der Waals surface area contributed by atoms with Gasteiger partial charge in [-0.2, -0.15) is 0 Å². The Morgan fingerprint density at radius 3 is 2.69 bits per heavy atom. The van der Waals surface area contributed by atoms with Gasteiger partial charge in [0.05, 0.1) is 5.02 Å². The molecule has 0 fully saturated rings. The average molecular weight is 265 g/mol. The number of carboxylic acid groups (broad SMARTS) is 1. The largest absolute Gasteiger partial charge is 0.480 e. The number of nitrogens with two attached hydrogens (primary N) is 1. The summed E-state index contributed by atoms with van der Waals surface area (Å²) < 4.78 is 0.718. The van der Waals surface area contributed by atoms with Crippen molar-refractivity contribution in [3.63, 3.8) is 0 Å². The molecule has 0 bridgehead atoms. The summed E-state index contributed by atoms with van der Waals surface area (Å²) in [6.45, 7) is 0. The monoisotopic (exact) mass is 263 g/mol. The van der Waals surface area contributed by atoms with E-state index in [0.29, 0.717) is 10.6 Å². The fourth-order valence-corrected chi connectivity index (χ4v) is 1.28. The maximum atomic E-state index is 10.5. The maximum absolute atomic E-state index is 10.5. The first-order valence-corrected chi connectivity index (χ1v) is 4.63. The standard InChI is InChI=1S/C8H7BrClNO2/c9-5-2-1-4(3-6(5)10)7(11)8(12)13/h1-3,7H,11H2,(H,12,13)/t7-/m0/s1. The molecule has 0 amide bonds. The number of rotatable bonds is 2. The van der Waals surface area contributed by atoms with Crippen LogP contribution in [0.1, 0.15) is 11.6 Å². The zero-order valence-electron chi connectivity index (χ0n) is 6.50. The van der Waals surface area contributed by atoms with Crippen molar-refractivity contribution < 1.29 is 9.90 Å². The molecule has 0 heterocycles. The molecule has 13 heavy (non-hydrogen) atoms. The van der Waals surface area contributed by atoms with E-state index in [2.05, 4.69) is 15.9 Å². The van der Waals surface area contributed by atoms with E-state index in [1.165, 1.54) is 6.07 Å². The number of hydrogen-bond acceptors (Lipinski definition) is 2. The Labute approximate surface area is 88.6 Å².